The molecule has 3 N–H and O–H groups in total. The van der Waals surface area contributed by atoms with Gasteiger partial charge in [0.05, 0.1) is 25.0 Å². The summed E-state index contributed by atoms with van der Waals surface area (Å²) in [6.45, 7) is 4.68. The summed E-state index contributed by atoms with van der Waals surface area (Å²) >= 11 is 1.57. The van der Waals surface area contributed by atoms with Crippen LogP contribution in [0.15, 0.2) is 0 Å². The largest absolute Gasteiger partial charge is 0.383 e. The number of aryl methyl sites for hydroxylation is 2. The fourth-order valence-electron chi connectivity index (χ4n) is 2.41. The van der Waals surface area contributed by atoms with E-state index in [1.54, 1.807) is 16.2 Å². The van der Waals surface area contributed by atoms with Crippen molar-refractivity contribution in [2.24, 2.45) is 0 Å². The number of hydrogen-bond donors (Lipinski definition) is 2. The summed E-state index contributed by atoms with van der Waals surface area (Å²) in [6, 6.07) is 0. The number of amides is 2. The van der Waals surface area contributed by atoms with Gasteiger partial charge in [0.15, 0.2) is 0 Å². The molecule has 1 fully saturated rings. The predicted octanol–water partition coefficient (Wildman–Crippen LogP) is 0.349. The zero-order chi connectivity index (χ0) is 15.1. The highest BCUT2D eigenvalue weighted by Crippen LogP contribution is 2.31. The molecular formula is C13H15N5O2S. The van der Waals surface area contributed by atoms with Crippen molar-refractivity contribution in [3.05, 3.63) is 16.3 Å². The van der Waals surface area contributed by atoms with Crippen molar-refractivity contribution in [3.8, 4) is 0 Å². The highest BCUT2D eigenvalue weighted by molar-refractivity contribution is 7.18. The highest BCUT2D eigenvalue weighted by atomic mass is 32.1. The van der Waals surface area contributed by atoms with Gasteiger partial charge in [-0.2, -0.15) is 0 Å². The number of hydrogen-bond acceptors (Lipinski definition) is 7. The molecule has 1 saturated heterocycles. The minimum absolute atomic E-state index is 0.162. The second-order valence-electron chi connectivity index (χ2n) is 5.10. The number of anilines is 1. The van der Waals surface area contributed by atoms with Crippen molar-refractivity contribution >= 4 is 39.2 Å². The van der Waals surface area contributed by atoms with Gasteiger partial charge in [-0.25, -0.2) is 9.97 Å². The van der Waals surface area contributed by atoms with Gasteiger partial charge in [0.1, 0.15) is 16.5 Å². The van der Waals surface area contributed by atoms with E-state index >= 15 is 0 Å². The highest BCUT2D eigenvalue weighted by Gasteiger charge is 2.23. The van der Waals surface area contributed by atoms with Gasteiger partial charge in [-0.15, -0.1) is 11.3 Å². The van der Waals surface area contributed by atoms with Crippen LogP contribution in [0.4, 0.5) is 5.82 Å². The van der Waals surface area contributed by atoms with Gasteiger partial charge in [0.2, 0.25) is 11.8 Å². The summed E-state index contributed by atoms with van der Waals surface area (Å²) in [5.41, 5.74) is 7.13. The molecule has 1 aliphatic heterocycles. The molecule has 0 unspecified atom stereocenters. The number of carbonyl (C=O) groups excluding carboxylic acids is 2. The maximum Gasteiger partial charge on any atom is 0.240 e. The molecule has 7 nitrogen and oxygen atoms in total. The lowest BCUT2D eigenvalue weighted by Crippen LogP contribution is -2.51. The first-order chi connectivity index (χ1) is 9.94. The Morgan fingerprint density at radius 1 is 1.24 bits per heavy atom. The molecule has 0 aromatic carbocycles. The summed E-state index contributed by atoms with van der Waals surface area (Å²) < 4.78 is 0. The molecule has 0 atom stereocenters. The van der Waals surface area contributed by atoms with E-state index in [1.807, 2.05) is 13.8 Å². The molecule has 0 aliphatic carbocycles. The Labute approximate surface area is 125 Å². The SMILES string of the molecule is Cc1sc2nc(CN3CC(=O)NC(=O)C3)nc(N)c2c1C. The number of nitrogens with one attached hydrogen (secondary N) is 1. The maximum absolute atomic E-state index is 11.4. The van der Waals surface area contributed by atoms with E-state index in [-0.39, 0.29) is 24.9 Å². The molecule has 8 heteroatoms. The number of rotatable bonds is 2. The molecule has 3 rings (SSSR count). The Balaban J connectivity index is 1.91. The maximum atomic E-state index is 11.4. The molecule has 21 heavy (non-hydrogen) atoms. The van der Waals surface area contributed by atoms with Crippen molar-refractivity contribution in [3.63, 3.8) is 0 Å². The van der Waals surface area contributed by atoms with Crippen LogP contribution in [0.1, 0.15) is 16.3 Å². The van der Waals surface area contributed by atoms with Crippen LogP contribution in [0.25, 0.3) is 10.2 Å². The van der Waals surface area contributed by atoms with Gasteiger partial charge in [0, 0.05) is 4.88 Å². The number of thiophene rings is 1. The molecular weight excluding hydrogens is 290 g/mol. The normalized spacial score (nSPS) is 16.5. The number of nitrogens with zero attached hydrogens (tertiary/aromatic N) is 3. The number of nitrogen functional groups attached to an aromatic ring is 1. The second kappa shape index (κ2) is 5.05. The first-order valence-corrected chi connectivity index (χ1v) is 7.33. The number of piperazine rings is 1. The van der Waals surface area contributed by atoms with Crippen LogP contribution in [0.3, 0.4) is 0 Å². The average Bonchev–Trinajstić information content (AvgIpc) is 2.63. The standard InChI is InChI=1S/C13H15N5O2S/c1-6-7(2)21-13-11(6)12(14)15-8(16-13)3-18-4-9(19)17-10(20)5-18/h3-5H2,1-2H3,(H2,14,15,16)(H,17,19,20). The summed E-state index contributed by atoms with van der Waals surface area (Å²) in [4.78, 5) is 35.3. The molecule has 2 aromatic heterocycles. The lowest BCUT2D eigenvalue weighted by Gasteiger charge is -2.24. The molecule has 3 heterocycles. The molecule has 0 radical (unpaired) electrons. The molecule has 2 aromatic rings. The number of fused-ring (bicyclic) bond motifs is 1. The van der Waals surface area contributed by atoms with Crippen LogP contribution in [0, 0.1) is 13.8 Å². The smallest absolute Gasteiger partial charge is 0.240 e. The summed E-state index contributed by atoms with van der Waals surface area (Å²) in [5.74, 6) is 0.375. The van der Waals surface area contributed by atoms with Gasteiger partial charge in [-0.3, -0.25) is 19.8 Å². The van der Waals surface area contributed by atoms with Crippen molar-refractivity contribution in [1.82, 2.24) is 20.2 Å². The summed E-state index contributed by atoms with van der Waals surface area (Å²) in [7, 11) is 0. The lowest BCUT2D eigenvalue weighted by atomic mass is 10.2. The van der Waals surface area contributed by atoms with E-state index in [0.717, 1.165) is 20.7 Å². The van der Waals surface area contributed by atoms with E-state index in [0.29, 0.717) is 18.2 Å². The fraction of sp³-hybridized carbons (Fsp3) is 0.385. The van der Waals surface area contributed by atoms with Crippen LogP contribution < -0.4 is 11.1 Å². The van der Waals surface area contributed by atoms with Crippen LogP contribution in [0.2, 0.25) is 0 Å². The van der Waals surface area contributed by atoms with E-state index in [1.165, 1.54) is 0 Å². The third kappa shape index (κ3) is 2.59. The van der Waals surface area contributed by atoms with Crippen LogP contribution in [-0.2, 0) is 16.1 Å². The van der Waals surface area contributed by atoms with Gasteiger partial charge >= 0.3 is 0 Å². The number of aromatic nitrogens is 2. The van der Waals surface area contributed by atoms with Crippen LogP contribution in [0.5, 0.6) is 0 Å². The predicted molar refractivity (Wildman–Crippen MR) is 79.7 cm³/mol. The quantitative estimate of drug-likeness (QED) is 0.776. The van der Waals surface area contributed by atoms with Gasteiger partial charge < -0.3 is 5.73 Å². The first-order valence-electron chi connectivity index (χ1n) is 6.51. The Bertz CT molecular complexity index is 739. The van der Waals surface area contributed by atoms with E-state index in [2.05, 4.69) is 15.3 Å². The number of carbonyl (C=O) groups is 2. The van der Waals surface area contributed by atoms with Crippen molar-refractivity contribution in [2.45, 2.75) is 20.4 Å². The Hall–Kier alpha value is -2.06. The van der Waals surface area contributed by atoms with Crippen LogP contribution in [-0.4, -0.2) is 39.8 Å². The Kier molecular flexibility index (Phi) is 3.34. The Morgan fingerprint density at radius 3 is 2.57 bits per heavy atom. The van der Waals surface area contributed by atoms with Crippen molar-refractivity contribution < 1.29 is 9.59 Å². The van der Waals surface area contributed by atoms with Gasteiger partial charge in [-0.1, -0.05) is 0 Å². The first kappa shape index (κ1) is 13.9. The Morgan fingerprint density at radius 2 is 1.90 bits per heavy atom. The third-order valence-electron chi connectivity index (χ3n) is 3.48. The average molecular weight is 305 g/mol. The number of nitrogens with two attached hydrogens (primary N) is 1. The second-order valence-corrected chi connectivity index (χ2v) is 6.31. The zero-order valence-corrected chi connectivity index (χ0v) is 12.6. The molecule has 0 spiro atoms. The summed E-state index contributed by atoms with van der Waals surface area (Å²) in [5, 5.41) is 3.16. The lowest BCUT2D eigenvalue weighted by molar-refractivity contribution is -0.136. The van der Waals surface area contributed by atoms with Crippen molar-refractivity contribution in [2.75, 3.05) is 18.8 Å². The van der Waals surface area contributed by atoms with E-state index in [9.17, 15) is 9.59 Å². The molecule has 0 saturated carbocycles. The van der Waals surface area contributed by atoms with Gasteiger partial charge in [0.25, 0.3) is 0 Å². The molecule has 110 valence electrons. The van der Waals surface area contributed by atoms with Crippen LogP contribution >= 0.6 is 11.3 Å². The van der Waals surface area contributed by atoms with E-state index in [4.69, 9.17) is 5.73 Å². The topological polar surface area (TPSA) is 101 Å². The minimum atomic E-state index is -0.303. The number of imide groups is 1. The summed E-state index contributed by atoms with van der Waals surface area (Å²) in [6.07, 6.45) is 0. The molecule has 0 bridgehead atoms. The molecule has 2 amide bonds. The van der Waals surface area contributed by atoms with E-state index < -0.39 is 0 Å². The molecule has 1 aliphatic rings. The van der Waals surface area contributed by atoms with Gasteiger partial charge in [-0.05, 0) is 19.4 Å². The fourth-order valence-corrected chi connectivity index (χ4v) is 3.46. The monoisotopic (exact) mass is 305 g/mol. The zero-order valence-electron chi connectivity index (χ0n) is 11.8. The van der Waals surface area contributed by atoms with Crippen molar-refractivity contribution in [1.29, 1.82) is 0 Å². The minimum Gasteiger partial charge on any atom is -0.383 e. The third-order valence-corrected chi connectivity index (χ3v) is 4.58.